The molecule has 0 aromatic heterocycles. The van der Waals surface area contributed by atoms with E-state index in [1.807, 2.05) is 0 Å². The molecule has 0 heterocycles. The second-order valence-corrected chi connectivity index (χ2v) is 2.22. The average molecular weight is 290 g/mol. The first-order valence-corrected chi connectivity index (χ1v) is 5.10. The van der Waals surface area contributed by atoms with Gasteiger partial charge in [0.25, 0.3) is 0 Å². The molecule has 0 aromatic carbocycles. The van der Waals surface area contributed by atoms with Crippen molar-refractivity contribution in [3.63, 3.8) is 0 Å². The van der Waals surface area contributed by atoms with Gasteiger partial charge in [0, 0.05) is 0 Å². The first-order valence-electron chi connectivity index (χ1n) is 1.70. The van der Waals surface area contributed by atoms with Crippen molar-refractivity contribution < 1.29 is 102 Å². The van der Waals surface area contributed by atoms with Gasteiger partial charge in [-0.05, 0) is 0 Å². The summed E-state index contributed by atoms with van der Waals surface area (Å²) in [5, 5.41) is 0. The summed E-state index contributed by atoms with van der Waals surface area (Å²) < 4.78 is 25.3. The Labute approximate surface area is 129 Å². The van der Waals surface area contributed by atoms with Crippen molar-refractivity contribution in [2.75, 3.05) is 0 Å². The summed E-state index contributed by atoms with van der Waals surface area (Å²) in [7, 11) is -5.24. The van der Waals surface area contributed by atoms with Crippen LogP contribution < -0.4 is 59.1 Å². The molecule has 9 nitrogen and oxygen atoms in total. The molecule has 0 aliphatic heterocycles. The largest absolute Gasteiger partial charge is 1.00 e. The molecule has 0 amide bonds. The van der Waals surface area contributed by atoms with Gasteiger partial charge in [0.15, 0.2) is 0 Å². The maximum absolute atomic E-state index is 8.44. The molecule has 0 bridgehead atoms. The van der Waals surface area contributed by atoms with Gasteiger partial charge in [0.1, 0.15) is 0 Å². The molecule has 0 spiro atoms. The van der Waals surface area contributed by atoms with Crippen LogP contribution in [0.1, 0.15) is 0 Å². The van der Waals surface area contributed by atoms with Crippen molar-refractivity contribution in [2.24, 2.45) is 0 Å². The maximum atomic E-state index is 8.44. The molecule has 14 heteroatoms. The summed E-state index contributed by atoms with van der Waals surface area (Å²) in [6, 6.07) is 0. The van der Waals surface area contributed by atoms with E-state index in [2.05, 4.69) is 0 Å². The van der Waals surface area contributed by atoms with Crippen LogP contribution in [0.15, 0.2) is 0 Å². The third-order valence-electron chi connectivity index (χ3n) is 0. The van der Waals surface area contributed by atoms with E-state index in [-0.39, 0.29) is 59.1 Å². The SMILES string of the molecule is O=S([O-])[O-].OP(O)O.OP(O)O.[Na+].[Na+]. The van der Waals surface area contributed by atoms with E-state index in [1.54, 1.807) is 0 Å². The van der Waals surface area contributed by atoms with Crippen molar-refractivity contribution in [2.45, 2.75) is 0 Å². The summed E-state index contributed by atoms with van der Waals surface area (Å²) >= 11 is -3.11. The van der Waals surface area contributed by atoms with Gasteiger partial charge in [-0.2, -0.15) is 0 Å². The molecule has 0 saturated carbocycles. The topological polar surface area (TPSA) is 185 Å². The van der Waals surface area contributed by atoms with Gasteiger partial charge >= 0.3 is 76.3 Å². The van der Waals surface area contributed by atoms with Gasteiger partial charge < -0.3 is 38.5 Å². The van der Waals surface area contributed by atoms with Crippen LogP contribution in [0, 0.1) is 0 Å². The zero-order chi connectivity index (χ0) is 10.7. The Kier molecular flexibility index (Phi) is 53.2. The molecule has 0 atom stereocenters. The smallest absolute Gasteiger partial charge is 0.784 e. The molecule has 78 valence electrons. The van der Waals surface area contributed by atoms with E-state index in [0.717, 1.165) is 0 Å². The second-order valence-electron chi connectivity index (χ2n) is 0.741. The van der Waals surface area contributed by atoms with Gasteiger partial charge in [-0.3, -0.25) is 4.21 Å². The summed E-state index contributed by atoms with van der Waals surface area (Å²) in [5.74, 6) is 0. The minimum atomic E-state index is -3.11. The Morgan fingerprint density at radius 2 is 0.786 bits per heavy atom. The summed E-state index contributed by atoms with van der Waals surface area (Å²) in [4.78, 5) is 43.4. The molecule has 14 heavy (non-hydrogen) atoms. The zero-order valence-electron chi connectivity index (χ0n) is 7.21. The fourth-order valence-corrected chi connectivity index (χ4v) is 0. The Morgan fingerprint density at radius 1 is 0.786 bits per heavy atom. The Morgan fingerprint density at radius 3 is 0.786 bits per heavy atom. The van der Waals surface area contributed by atoms with Crippen LogP contribution in [-0.2, 0) is 11.4 Å². The number of hydrogen-bond donors (Lipinski definition) is 6. The molecule has 0 saturated heterocycles. The van der Waals surface area contributed by atoms with Gasteiger partial charge in [0.05, 0.1) is 0 Å². The Bertz CT molecular complexity index is 83.3. The molecule has 0 aromatic rings. The number of rotatable bonds is 0. The van der Waals surface area contributed by atoms with Crippen molar-refractivity contribution in [1.82, 2.24) is 0 Å². The predicted octanol–water partition coefficient (Wildman–Crippen LogP) is -8.62. The molecule has 0 radical (unpaired) electrons. The van der Waals surface area contributed by atoms with E-state index < -0.39 is 28.6 Å². The normalized spacial score (nSPS) is 7.64. The summed E-state index contributed by atoms with van der Waals surface area (Å²) in [6.07, 6.45) is 0. The van der Waals surface area contributed by atoms with Crippen molar-refractivity contribution in [3.8, 4) is 0 Å². The van der Waals surface area contributed by atoms with Gasteiger partial charge in [-0.15, -0.1) is 11.4 Å². The van der Waals surface area contributed by atoms with E-state index in [9.17, 15) is 0 Å². The quantitative estimate of drug-likeness (QED) is 0.143. The van der Waals surface area contributed by atoms with Crippen molar-refractivity contribution >= 4 is 28.6 Å². The fraction of sp³-hybridized carbons (Fsp3) is 0. The molecule has 0 unspecified atom stereocenters. The van der Waals surface area contributed by atoms with Gasteiger partial charge in [0.2, 0.25) is 0 Å². The number of hydrogen-bond acceptors (Lipinski definition) is 9. The molecule has 0 rings (SSSR count). The van der Waals surface area contributed by atoms with E-state index in [0.29, 0.717) is 0 Å². The third kappa shape index (κ3) is 380. The first kappa shape index (κ1) is 30.1. The first-order chi connectivity index (χ1) is 5.20. The van der Waals surface area contributed by atoms with Crippen LogP contribution in [0.4, 0.5) is 0 Å². The maximum Gasteiger partial charge on any atom is 1.00 e. The molecule has 6 N–H and O–H groups in total. The summed E-state index contributed by atoms with van der Waals surface area (Å²) in [6.45, 7) is 0. The minimum absolute atomic E-state index is 0. The van der Waals surface area contributed by atoms with Crippen LogP contribution in [0.25, 0.3) is 0 Å². The van der Waals surface area contributed by atoms with E-state index >= 15 is 0 Å². The molecular weight excluding hydrogens is 284 g/mol. The fourth-order valence-electron chi connectivity index (χ4n) is 0. The van der Waals surface area contributed by atoms with Crippen LogP contribution in [-0.4, -0.2) is 42.7 Å². The molecule has 0 aliphatic rings. The zero-order valence-corrected chi connectivity index (χ0v) is 13.8. The van der Waals surface area contributed by atoms with E-state index in [4.69, 9.17) is 42.7 Å². The Balaban J connectivity index is -0.0000000270. The average Bonchev–Trinajstić information content (AvgIpc) is 1.54. The predicted molar refractivity (Wildman–Crippen MR) is 36.9 cm³/mol. The monoisotopic (exact) mass is 290 g/mol. The molecule has 0 fully saturated rings. The second kappa shape index (κ2) is 24.8. The standard InChI is InChI=1S/2Na.2H3O3P.H2O3S/c;;3*1-4(2)3/h;;2*1-3H;(H2,1,2,3)/q2*+1;;;/p-2. The van der Waals surface area contributed by atoms with Crippen molar-refractivity contribution in [1.29, 1.82) is 0 Å². The van der Waals surface area contributed by atoms with Gasteiger partial charge in [-0.1, -0.05) is 0 Å². The Hall–Kier alpha value is 2.69. The summed E-state index contributed by atoms with van der Waals surface area (Å²) in [5.41, 5.74) is 0. The molecule has 0 aliphatic carbocycles. The van der Waals surface area contributed by atoms with Crippen molar-refractivity contribution in [3.05, 3.63) is 0 Å². The third-order valence-corrected chi connectivity index (χ3v) is 0. The van der Waals surface area contributed by atoms with Crippen LogP contribution in [0.5, 0.6) is 0 Å². The van der Waals surface area contributed by atoms with Crippen LogP contribution >= 0.6 is 17.2 Å². The van der Waals surface area contributed by atoms with Crippen LogP contribution in [0.2, 0.25) is 0 Å². The van der Waals surface area contributed by atoms with Crippen LogP contribution in [0.3, 0.4) is 0 Å². The minimum Gasteiger partial charge on any atom is -0.784 e. The van der Waals surface area contributed by atoms with Gasteiger partial charge in [-0.25, -0.2) is 0 Å². The van der Waals surface area contributed by atoms with E-state index in [1.165, 1.54) is 0 Å². The molecular formula is H6Na2O9P2S.